The summed E-state index contributed by atoms with van der Waals surface area (Å²) in [5.41, 5.74) is 3.15. The van der Waals surface area contributed by atoms with Gasteiger partial charge in [0.25, 0.3) is 0 Å². The molecule has 0 bridgehead atoms. The van der Waals surface area contributed by atoms with Crippen LogP contribution in [0.1, 0.15) is 29.9 Å². The molecule has 0 spiro atoms. The molecule has 0 amide bonds. The van der Waals surface area contributed by atoms with Crippen LogP contribution in [0.3, 0.4) is 0 Å². The third-order valence-corrected chi connectivity index (χ3v) is 6.85. The summed E-state index contributed by atoms with van der Waals surface area (Å²) in [5, 5.41) is 8.28. The van der Waals surface area contributed by atoms with Crippen molar-refractivity contribution < 1.29 is 8.42 Å². The SMILES string of the molecule is O=S(=O)(Cc1ccccc1)N1CCC(c2cccc3[nH]ncc23)CC1. The number of hydrogen-bond donors (Lipinski definition) is 1. The number of piperidine rings is 1. The summed E-state index contributed by atoms with van der Waals surface area (Å²) in [4.78, 5) is 0. The molecule has 1 saturated heterocycles. The van der Waals surface area contributed by atoms with Crippen LogP contribution in [0, 0.1) is 0 Å². The number of nitrogens with zero attached hydrogens (tertiary/aromatic N) is 2. The summed E-state index contributed by atoms with van der Waals surface area (Å²) in [5.74, 6) is 0.458. The third kappa shape index (κ3) is 3.32. The Morgan fingerprint density at radius 1 is 1.04 bits per heavy atom. The number of fused-ring (bicyclic) bond motifs is 1. The first-order chi connectivity index (χ1) is 12.1. The van der Waals surface area contributed by atoms with Crippen LogP contribution in [0.25, 0.3) is 10.9 Å². The van der Waals surface area contributed by atoms with Gasteiger partial charge in [0.1, 0.15) is 0 Å². The molecule has 0 radical (unpaired) electrons. The number of aromatic amines is 1. The molecule has 5 nitrogen and oxygen atoms in total. The molecule has 6 heteroatoms. The van der Waals surface area contributed by atoms with Gasteiger partial charge in [-0.25, -0.2) is 12.7 Å². The van der Waals surface area contributed by atoms with Crippen molar-refractivity contribution in [1.82, 2.24) is 14.5 Å². The second-order valence-electron chi connectivity index (χ2n) is 6.59. The van der Waals surface area contributed by atoms with E-state index in [2.05, 4.69) is 16.3 Å². The Balaban J connectivity index is 1.47. The first-order valence-corrected chi connectivity index (χ1v) is 10.2. The van der Waals surface area contributed by atoms with Crippen LogP contribution in [0.15, 0.2) is 54.7 Å². The van der Waals surface area contributed by atoms with Crippen LogP contribution < -0.4 is 0 Å². The van der Waals surface area contributed by atoms with Gasteiger partial charge in [-0.3, -0.25) is 5.10 Å². The maximum absolute atomic E-state index is 12.7. The second-order valence-corrected chi connectivity index (χ2v) is 8.56. The van der Waals surface area contributed by atoms with Crippen molar-refractivity contribution in [1.29, 1.82) is 0 Å². The van der Waals surface area contributed by atoms with Crippen molar-refractivity contribution in [3.63, 3.8) is 0 Å². The molecule has 25 heavy (non-hydrogen) atoms. The van der Waals surface area contributed by atoms with Gasteiger partial charge in [-0.05, 0) is 36.0 Å². The highest BCUT2D eigenvalue weighted by Crippen LogP contribution is 2.33. The highest BCUT2D eigenvalue weighted by atomic mass is 32.2. The van der Waals surface area contributed by atoms with Gasteiger partial charge in [0.05, 0.1) is 17.5 Å². The van der Waals surface area contributed by atoms with E-state index < -0.39 is 10.0 Å². The summed E-state index contributed by atoms with van der Waals surface area (Å²) in [7, 11) is -3.26. The van der Waals surface area contributed by atoms with E-state index in [1.54, 1.807) is 4.31 Å². The van der Waals surface area contributed by atoms with Gasteiger partial charge in [-0.1, -0.05) is 42.5 Å². The number of rotatable bonds is 4. The topological polar surface area (TPSA) is 66.1 Å². The lowest BCUT2D eigenvalue weighted by molar-refractivity contribution is 0.320. The normalized spacial score (nSPS) is 17.1. The molecule has 1 aliphatic heterocycles. The molecule has 0 unspecified atom stereocenters. The zero-order valence-electron chi connectivity index (χ0n) is 13.9. The standard InChI is InChI=1S/C19H21N3O2S/c23-25(24,14-15-5-2-1-3-6-15)22-11-9-16(10-12-22)17-7-4-8-19-18(17)13-20-21-19/h1-8,13,16H,9-12,14H2,(H,20,21). The van der Waals surface area contributed by atoms with Crippen LogP contribution in [-0.4, -0.2) is 36.0 Å². The largest absolute Gasteiger partial charge is 0.278 e. The fraction of sp³-hybridized carbons (Fsp3) is 0.316. The van der Waals surface area contributed by atoms with E-state index in [1.807, 2.05) is 48.7 Å². The van der Waals surface area contributed by atoms with Gasteiger partial charge in [0, 0.05) is 18.5 Å². The third-order valence-electron chi connectivity index (χ3n) is 5.00. The Bertz CT molecular complexity index is 959. The summed E-state index contributed by atoms with van der Waals surface area (Å²) in [6.07, 6.45) is 3.56. The van der Waals surface area contributed by atoms with Gasteiger partial charge < -0.3 is 0 Å². The van der Waals surface area contributed by atoms with Crippen LogP contribution in [0.4, 0.5) is 0 Å². The van der Waals surface area contributed by atoms with Crippen molar-refractivity contribution in [2.24, 2.45) is 0 Å². The van der Waals surface area contributed by atoms with Gasteiger partial charge >= 0.3 is 0 Å². The number of H-pyrrole nitrogens is 1. The smallest absolute Gasteiger partial charge is 0.218 e. The van der Waals surface area contributed by atoms with Crippen molar-refractivity contribution in [2.45, 2.75) is 24.5 Å². The minimum Gasteiger partial charge on any atom is -0.278 e. The predicted molar refractivity (Wildman–Crippen MR) is 98.7 cm³/mol. The molecular formula is C19H21N3O2S. The molecule has 0 atom stereocenters. The Hall–Kier alpha value is -2.18. The van der Waals surface area contributed by atoms with E-state index in [1.165, 1.54) is 5.56 Å². The Morgan fingerprint density at radius 2 is 1.80 bits per heavy atom. The van der Waals surface area contributed by atoms with E-state index in [0.717, 1.165) is 29.3 Å². The van der Waals surface area contributed by atoms with Crippen molar-refractivity contribution in [2.75, 3.05) is 13.1 Å². The van der Waals surface area contributed by atoms with E-state index in [-0.39, 0.29) is 5.75 Å². The van der Waals surface area contributed by atoms with Crippen LogP contribution >= 0.6 is 0 Å². The summed E-state index contributed by atoms with van der Waals surface area (Å²) in [6.45, 7) is 1.15. The van der Waals surface area contributed by atoms with Gasteiger partial charge in [-0.2, -0.15) is 5.10 Å². The zero-order chi connectivity index (χ0) is 17.3. The molecule has 0 aliphatic carbocycles. The molecular weight excluding hydrogens is 334 g/mol. The molecule has 1 aromatic heterocycles. The van der Waals surface area contributed by atoms with E-state index in [4.69, 9.17) is 0 Å². The molecule has 1 aliphatic rings. The maximum Gasteiger partial charge on any atom is 0.218 e. The quantitative estimate of drug-likeness (QED) is 0.781. The number of benzene rings is 2. The van der Waals surface area contributed by atoms with Gasteiger partial charge in [0.2, 0.25) is 10.0 Å². The highest BCUT2D eigenvalue weighted by Gasteiger charge is 2.29. The van der Waals surface area contributed by atoms with Gasteiger partial charge in [0.15, 0.2) is 0 Å². The van der Waals surface area contributed by atoms with Crippen molar-refractivity contribution in [3.8, 4) is 0 Å². The lowest BCUT2D eigenvalue weighted by Crippen LogP contribution is -2.38. The van der Waals surface area contributed by atoms with Crippen LogP contribution in [0.2, 0.25) is 0 Å². The van der Waals surface area contributed by atoms with E-state index in [0.29, 0.717) is 19.0 Å². The van der Waals surface area contributed by atoms with E-state index >= 15 is 0 Å². The van der Waals surface area contributed by atoms with Crippen LogP contribution in [-0.2, 0) is 15.8 Å². The fourth-order valence-corrected chi connectivity index (χ4v) is 5.23. The highest BCUT2D eigenvalue weighted by molar-refractivity contribution is 7.88. The summed E-state index contributed by atoms with van der Waals surface area (Å²) in [6, 6.07) is 15.6. The molecule has 2 aromatic carbocycles. The van der Waals surface area contributed by atoms with Crippen LogP contribution in [0.5, 0.6) is 0 Å². The average Bonchev–Trinajstić information content (AvgIpc) is 3.11. The van der Waals surface area contributed by atoms with E-state index in [9.17, 15) is 8.42 Å². The Kier molecular flexibility index (Phi) is 4.31. The number of aromatic nitrogens is 2. The summed E-state index contributed by atoms with van der Waals surface area (Å²) >= 11 is 0. The fourth-order valence-electron chi connectivity index (χ4n) is 3.67. The second kappa shape index (κ2) is 6.61. The summed E-state index contributed by atoms with van der Waals surface area (Å²) < 4.78 is 27.0. The first kappa shape index (κ1) is 16.3. The molecule has 4 rings (SSSR count). The molecule has 1 N–H and O–H groups in total. The Morgan fingerprint density at radius 3 is 2.56 bits per heavy atom. The Labute approximate surface area is 147 Å². The first-order valence-electron chi connectivity index (χ1n) is 8.57. The number of nitrogens with one attached hydrogen (secondary N) is 1. The lowest BCUT2D eigenvalue weighted by atomic mass is 9.88. The number of sulfonamides is 1. The zero-order valence-corrected chi connectivity index (χ0v) is 14.7. The monoisotopic (exact) mass is 355 g/mol. The van der Waals surface area contributed by atoms with Crippen molar-refractivity contribution in [3.05, 3.63) is 65.9 Å². The maximum atomic E-state index is 12.7. The lowest BCUT2D eigenvalue weighted by Gasteiger charge is -2.31. The molecule has 130 valence electrons. The minimum absolute atomic E-state index is 0.0792. The van der Waals surface area contributed by atoms with Crippen molar-refractivity contribution >= 4 is 20.9 Å². The van der Waals surface area contributed by atoms with Gasteiger partial charge in [-0.15, -0.1) is 0 Å². The minimum atomic E-state index is -3.26. The molecule has 2 heterocycles. The molecule has 1 fully saturated rings. The predicted octanol–water partition coefficient (Wildman–Crippen LogP) is 3.27. The average molecular weight is 355 g/mol. The molecule has 0 saturated carbocycles. The number of hydrogen-bond acceptors (Lipinski definition) is 3. The molecule has 3 aromatic rings.